The molecule has 0 aliphatic heterocycles. The first-order chi connectivity index (χ1) is 11.4. The second-order valence-electron chi connectivity index (χ2n) is 6.09. The summed E-state index contributed by atoms with van der Waals surface area (Å²) >= 11 is 0. The summed E-state index contributed by atoms with van der Waals surface area (Å²) in [6.07, 6.45) is 5.59. The SMILES string of the molecule is CCCCCCCN(CC)CC(O)c1ccc(NS(N)(=O)=O)cc1. The lowest BCUT2D eigenvalue weighted by molar-refractivity contribution is 0.115. The summed E-state index contributed by atoms with van der Waals surface area (Å²) in [5, 5.41) is 15.3. The predicted molar refractivity (Wildman–Crippen MR) is 99.0 cm³/mol. The van der Waals surface area contributed by atoms with Gasteiger partial charge in [-0.1, -0.05) is 51.7 Å². The van der Waals surface area contributed by atoms with Crippen LogP contribution in [0.5, 0.6) is 0 Å². The smallest absolute Gasteiger partial charge is 0.296 e. The molecule has 7 heteroatoms. The van der Waals surface area contributed by atoms with Crippen molar-refractivity contribution in [2.75, 3.05) is 24.4 Å². The van der Waals surface area contributed by atoms with Crippen LogP contribution in [0.1, 0.15) is 57.6 Å². The summed E-state index contributed by atoms with van der Waals surface area (Å²) in [5.74, 6) is 0. The summed E-state index contributed by atoms with van der Waals surface area (Å²) in [7, 11) is -3.77. The van der Waals surface area contributed by atoms with E-state index in [1.54, 1.807) is 24.3 Å². The Hall–Kier alpha value is -1.15. The Balaban J connectivity index is 2.48. The van der Waals surface area contributed by atoms with Crippen LogP contribution in [0.15, 0.2) is 24.3 Å². The summed E-state index contributed by atoms with van der Waals surface area (Å²) in [6.45, 7) is 6.76. The number of anilines is 1. The number of unbranched alkanes of at least 4 members (excludes halogenated alkanes) is 4. The normalized spacial score (nSPS) is 13.2. The molecule has 1 rings (SSSR count). The van der Waals surface area contributed by atoms with Gasteiger partial charge >= 0.3 is 0 Å². The lowest BCUT2D eigenvalue weighted by Crippen LogP contribution is -2.29. The maximum absolute atomic E-state index is 11.0. The highest BCUT2D eigenvalue weighted by Crippen LogP contribution is 2.18. The van der Waals surface area contributed by atoms with Crippen LogP contribution in [-0.4, -0.2) is 38.1 Å². The molecule has 6 nitrogen and oxygen atoms in total. The minimum atomic E-state index is -3.77. The molecule has 24 heavy (non-hydrogen) atoms. The highest BCUT2D eigenvalue weighted by molar-refractivity contribution is 7.90. The van der Waals surface area contributed by atoms with Crippen LogP contribution in [-0.2, 0) is 10.2 Å². The van der Waals surface area contributed by atoms with E-state index in [-0.39, 0.29) is 0 Å². The molecule has 0 heterocycles. The maximum Gasteiger partial charge on any atom is 0.296 e. The van der Waals surface area contributed by atoms with E-state index >= 15 is 0 Å². The Labute approximate surface area is 146 Å². The van der Waals surface area contributed by atoms with Crippen molar-refractivity contribution in [1.29, 1.82) is 0 Å². The third-order valence-corrected chi connectivity index (χ3v) is 4.53. The van der Waals surface area contributed by atoms with Crippen LogP contribution in [0.2, 0.25) is 0 Å². The predicted octanol–water partition coefficient (Wildman–Crippen LogP) is 2.63. The number of nitrogens with one attached hydrogen (secondary N) is 1. The average Bonchev–Trinajstić information content (AvgIpc) is 2.52. The van der Waals surface area contributed by atoms with Gasteiger partial charge in [-0.25, -0.2) is 5.14 Å². The molecule has 4 N–H and O–H groups in total. The summed E-state index contributed by atoms with van der Waals surface area (Å²) in [4.78, 5) is 2.24. The molecule has 0 saturated heterocycles. The van der Waals surface area contributed by atoms with Crippen LogP contribution < -0.4 is 9.86 Å². The first-order valence-corrected chi connectivity index (χ1v) is 10.2. The van der Waals surface area contributed by atoms with Gasteiger partial charge in [-0.2, -0.15) is 8.42 Å². The van der Waals surface area contributed by atoms with Crippen molar-refractivity contribution in [3.8, 4) is 0 Å². The molecule has 0 spiro atoms. The van der Waals surface area contributed by atoms with E-state index in [2.05, 4.69) is 23.5 Å². The number of nitrogens with two attached hydrogens (primary N) is 1. The number of benzene rings is 1. The Morgan fingerprint density at radius 3 is 2.29 bits per heavy atom. The molecule has 0 fully saturated rings. The van der Waals surface area contributed by atoms with Crippen molar-refractivity contribution in [2.45, 2.75) is 52.1 Å². The van der Waals surface area contributed by atoms with Gasteiger partial charge < -0.3 is 10.0 Å². The van der Waals surface area contributed by atoms with Crippen molar-refractivity contribution in [2.24, 2.45) is 5.14 Å². The quantitative estimate of drug-likeness (QED) is 0.501. The molecule has 0 radical (unpaired) electrons. The summed E-state index contributed by atoms with van der Waals surface area (Å²) in [6, 6.07) is 6.63. The Morgan fingerprint density at radius 1 is 1.12 bits per heavy atom. The Kier molecular flexibility index (Phi) is 9.28. The second-order valence-corrected chi connectivity index (χ2v) is 7.39. The lowest BCUT2D eigenvalue weighted by Gasteiger charge is -2.24. The molecule has 1 aromatic rings. The van der Waals surface area contributed by atoms with Crippen molar-refractivity contribution in [3.05, 3.63) is 29.8 Å². The van der Waals surface area contributed by atoms with E-state index in [0.717, 1.165) is 25.1 Å². The third-order valence-electron chi connectivity index (χ3n) is 4.01. The fourth-order valence-corrected chi connectivity index (χ4v) is 3.07. The van der Waals surface area contributed by atoms with Gasteiger partial charge in [0.05, 0.1) is 6.10 Å². The van der Waals surface area contributed by atoms with Crippen molar-refractivity contribution in [3.63, 3.8) is 0 Å². The van der Waals surface area contributed by atoms with Crippen LogP contribution in [0.25, 0.3) is 0 Å². The molecule has 138 valence electrons. The van der Waals surface area contributed by atoms with Gasteiger partial charge in [0.1, 0.15) is 0 Å². The van der Waals surface area contributed by atoms with Gasteiger partial charge in [0.15, 0.2) is 0 Å². The molecule has 0 bridgehead atoms. The van der Waals surface area contributed by atoms with Crippen LogP contribution in [0.3, 0.4) is 0 Å². The molecule has 1 aromatic carbocycles. The number of likely N-dealkylation sites (N-methyl/N-ethyl adjacent to an activating group) is 1. The second kappa shape index (κ2) is 10.7. The first-order valence-electron chi connectivity index (χ1n) is 8.66. The van der Waals surface area contributed by atoms with Crippen molar-refractivity contribution in [1.82, 2.24) is 4.90 Å². The third kappa shape index (κ3) is 8.63. The van der Waals surface area contributed by atoms with Gasteiger partial charge in [0.2, 0.25) is 0 Å². The zero-order valence-corrected chi connectivity index (χ0v) is 15.6. The number of nitrogens with zero attached hydrogens (tertiary/aromatic N) is 1. The van der Waals surface area contributed by atoms with Gasteiger partial charge in [-0.15, -0.1) is 0 Å². The molecule has 1 atom stereocenters. The topological polar surface area (TPSA) is 95.7 Å². The molecule has 0 aliphatic carbocycles. The first kappa shape index (κ1) is 20.9. The van der Waals surface area contributed by atoms with E-state index in [9.17, 15) is 13.5 Å². The Bertz CT molecular complexity index is 561. The summed E-state index contributed by atoms with van der Waals surface area (Å²) in [5.41, 5.74) is 1.15. The van der Waals surface area contributed by atoms with Gasteiger partial charge in [-0.05, 0) is 37.2 Å². The minimum absolute atomic E-state index is 0.386. The fraction of sp³-hybridized carbons (Fsp3) is 0.647. The fourth-order valence-electron chi connectivity index (χ4n) is 2.61. The highest BCUT2D eigenvalue weighted by atomic mass is 32.2. The number of hydrogen-bond donors (Lipinski definition) is 3. The van der Waals surface area contributed by atoms with E-state index in [1.807, 2.05) is 0 Å². The van der Waals surface area contributed by atoms with Crippen LogP contribution in [0.4, 0.5) is 5.69 Å². The van der Waals surface area contributed by atoms with Crippen LogP contribution >= 0.6 is 0 Å². The van der Waals surface area contributed by atoms with E-state index in [0.29, 0.717) is 12.2 Å². The van der Waals surface area contributed by atoms with Gasteiger partial charge in [-0.3, -0.25) is 4.72 Å². The molecular formula is C17H31N3O3S. The average molecular weight is 358 g/mol. The number of aliphatic hydroxyl groups excluding tert-OH is 1. The van der Waals surface area contributed by atoms with Crippen molar-refractivity contribution < 1.29 is 13.5 Å². The number of rotatable bonds is 12. The van der Waals surface area contributed by atoms with Crippen molar-refractivity contribution >= 4 is 15.9 Å². The molecule has 0 aromatic heterocycles. The molecule has 0 aliphatic rings. The molecular weight excluding hydrogens is 326 g/mol. The zero-order valence-electron chi connectivity index (χ0n) is 14.7. The number of aliphatic hydroxyl groups is 1. The lowest BCUT2D eigenvalue weighted by atomic mass is 10.1. The minimum Gasteiger partial charge on any atom is -0.387 e. The number of hydrogen-bond acceptors (Lipinski definition) is 4. The summed E-state index contributed by atoms with van der Waals surface area (Å²) < 4.78 is 24.2. The molecule has 1 unspecified atom stereocenters. The van der Waals surface area contributed by atoms with E-state index in [4.69, 9.17) is 5.14 Å². The standard InChI is InChI=1S/C17H31N3O3S/c1-3-5-6-7-8-13-20(4-2)14-17(21)15-9-11-16(12-10-15)19-24(18,22)23/h9-12,17,19,21H,3-8,13-14H2,1-2H3,(H2,18,22,23). The highest BCUT2D eigenvalue weighted by Gasteiger charge is 2.12. The van der Waals surface area contributed by atoms with E-state index < -0.39 is 16.3 Å². The zero-order chi connectivity index (χ0) is 18.0. The molecule has 0 saturated carbocycles. The molecule has 0 amide bonds. The van der Waals surface area contributed by atoms with Gasteiger partial charge in [0.25, 0.3) is 10.2 Å². The monoisotopic (exact) mass is 357 g/mol. The van der Waals surface area contributed by atoms with Crippen LogP contribution in [0, 0.1) is 0 Å². The van der Waals surface area contributed by atoms with Gasteiger partial charge in [0, 0.05) is 12.2 Å². The Morgan fingerprint density at radius 2 is 1.75 bits per heavy atom. The maximum atomic E-state index is 11.0. The van der Waals surface area contributed by atoms with E-state index in [1.165, 1.54) is 25.7 Å². The largest absolute Gasteiger partial charge is 0.387 e.